The molecule has 1 aliphatic rings. The molecule has 2 N–H and O–H groups in total. The van der Waals surface area contributed by atoms with Gasteiger partial charge in [0.1, 0.15) is 0 Å². The van der Waals surface area contributed by atoms with Crippen molar-refractivity contribution in [2.45, 2.75) is 19.1 Å². The maximum Gasteiger partial charge on any atom is 0.334 e. The number of nitrogens with one attached hydrogen (secondary N) is 1. The second kappa shape index (κ2) is 5.37. The largest absolute Gasteiger partial charge is 0.479 e. The molecule has 0 aromatic heterocycles. The van der Waals surface area contributed by atoms with Gasteiger partial charge in [0.2, 0.25) is 0 Å². The molecule has 1 aliphatic heterocycles. The Hall–Kier alpha value is -1.74. The third-order valence-corrected chi connectivity index (χ3v) is 2.22. The number of carboxylic acids is 1. The molecule has 2 unspecified atom stereocenters. The highest BCUT2D eigenvalue weighted by atomic mass is 16.5. The molecule has 0 spiro atoms. The van der Waals surface area contributed by atoms with Gasteiger partial charge in [-0.1, -0.05) is 5.92 Å². The number of hydrogen-bond acceptors (Lipinski definition) is 3. The zero-order chi connectivity index (χ0) is 12.1. The second-order valence-electron chi connectivity index (χ2n) is 3.48. The molecule has 0 saturated carbocycles. The summed E-state index contributed by atoms with van der Waals surface area (Å²) in [5.41, 5.74) is 0. The SMILES string of the molecule is C#CC(C)NC(=O)N1CCOC(C(=O)O)C1. The summed E-state index contributed by atoms with van der Waals surface area (Å²) < 4.78 is 4.99. The van der Waals surface area contributed by atoms with Crippen LogP contribution in [0.4, 0.5) is 4.79 Å². The number of morpholine rings is 1. The number of hydrogen-bond donors (Lipinski definition) is 2. The van der Waals surface area contributed by atoms with Gasteiger partial charge in [-0.05, 0) is 6.92 Å². The molecule has 0 radical (unpaired) electrons. The number of rotatable bonds is 2. The molecule has 88 valence electrons. The Labute approximate surface area is 93.6 Å². The number of ether oxygens (including phenoxy) is 1. The van der Waals surface area contributed by atoms with E-state index in [1.165, 1.54) is 4.90 Å². The maximum atomic E-state index is 11.6. The molecular formula is C10H14N2O4. The van der Waals surface area contributed by atoms with Crippen LogP contribution in [0.15, 0.2) is 0 Å². The number of urea groups is 1. The summed E-state index contributed by atoms with van der Waals surface area (Å²) >= 11 is 0. The van der Waals surface area contributed by atoms with Crippen LogP contribution in [0, 0.1) is 12.3 Å². The van der Waals surface area contributed by atoms with Gasteiger partial charge in [0.25, 0.3) is 0 Å². The summed E-state index contributed by atoms with van der Waals surface area (Å²) in [7, 11) is 0. The first-order valence-electron chi connectivity index (χ1n) is 4.90. The van der Waals surface area contributed by atoms with Crippen molar-refractivity contribution >= 4 is 12.0 Å². The van der Waals surface area contributed by atoms with Gasteiger partial charge in [0.15, 0.2) is 6.10 Å². The summed E-state index contributed by atoms with van der Waals surface area (Å²) in [6.07, 6.45) is 4.17. The number of nitrogens with zero attached hydrogens (tertiary/aromatic N) is 1. The Bertz CT molecular complexity index is 323. The van der Waals surface area contributed by atoms with E-state index in [9.17, 15) is 9.59 Å². The number of terminal acetylenes is 1. The topological polar surface area (TPSA) is 78.9 Å². The van der Waals surface area contributed by atoms with Crippen LogP contribution >= 0.6 is 0 Å². The van der Waals surface area contributed by atoms with Crippen LogP contribution in [0.3, 0.4) is 0 Å². The molecule has 0 bridgehead atoms. The van der Waals surface area contributed by atoms with E-state index in [0.717, 1.165) is 0 Å². The first kappa shape index (κ1) is 12.3. The van der Waals surface area contributed by atoms with Crippen molar-refractivity contribution < 1.29 is 19.4 Å². The molecule has 2 atom stereocenters. The minimum absolute atomic E-state index is 0.0401. The normalized spacial score (nSPS) is 22.0. The van der Waals surface area contributed by atoms with Crippen molar-refractivity contribution in [2.75, 3.05) is 19.7 Å². The van der Waals surface area contributed by atoms with E-state index in [-0.39, 0.29) is 25.2 Å². The van der Waals surface area contributed by atoms with Gasteiger partial charge >= 0.3 is 12.0 Å². The number of carbonyl (C=O) groups is 2. The molecular weight excluding hydrogens is 212 g/mol. The van der Waals surface area contributed by atoms with Gasteiger partial charge in [-0.15, -0.1) is 6.42 Å². The second-order valence-corrected chi connectivity index (χ2v) is 3.48. The fourth-order valence-corrected chi connectivity index (χ4v) is 1.30. The molecule has 0 aliphatic carbocycles. The number of carbonyl (C=O) groups excluding carboxylic acids is 1. The Morgan fingerprint density at radius 1 is 1.69 bits per heavy atom. The van der Waals surface area contributed by atoms with Gasteiger partial charge < -0.3 is 20.1 Å². The number of amides is 2. The van der Waals surface area contributed by atoms with E-state index in [4.69, 9.17) is 16.3 Å². The lowest BCUT2D eigenvalue weighted by Crippen LogP contribution is -2.53. The monoisotopic (exact) mass is 226 g/mol. The fourth-order valence-electron chi connectivity index (χ4n) is 1.30. The number of carboxylic acid groups (broad SMARTS) is 1. The number of aliphatic carboxylic acids is 1. The molecule has 0 aromatic rings. The van der Waals surface area contributed by atoms with Crippen LogP contribution in [0.1, 0.15) is 6.92 Å². The van der Waals surface area contributed by atoms with E-state index in [2.05, 4.69) is 11.2 Å². The summed E-state index contributed by atoms with van der Waals surface area (Å²) in [4.78, 5) is 23.7. The van der Waals surface area contributed by atoms with Crippen molar-refractivity contribution in [3.8, 4) is 12.3 Å². The molecule has 1 rings (SSSR count). The van der Waals surface area contributed by atoms with Crippen molar-refractivity contribution in [3.63, 3.8) is 0 Å². The molecule has 6 nitrogen and oxygen atoms in total. The standard InChI is InChI=1S/C10H14N2O4/c1-3-7(2)11-10(15)12-4-5-16-8(6-12)9(13)14/h1,7-8H,4-6H2,2H3,(H,11,15)(H,13,14). The highest BCUT2D eigenvalue weighted by molar-refractivity contribution is 5.77. The Kier molecular flexibility index (Phi) is 4.14. The van der Waals surface area contributed by atoms with Crippen LogP contribution in [-0.2, 0) is 9.53 Å². The summed E-state index contributed by atoms with van der Waals surface area (Å²) in [5.74, 6) is 1.30. The minimum atomic E-state index is -1.07. The lowest BCUT2D eigenvalue weighted by Gasteiger charge is -2.31. The van der Waals surface area contributed by atoms with Crippen LogP contribution in [-0.4, -0.2) is 53.8 Å². The third-order valence-electron chi connectivity index (χ3n) is 2.22. The average molecular weight is 226 g/mol. The van der Waals surface area contributed by atoms with E-state index >= 15 is 0 Å². The van der Waals surface area contributed by atoms with Crippen LogP contribution in [0.25, 0.3) is 0 Å². The first-order valence-corrected chi connectivity index (χ1v) is 4.90. The predicted octanol–water partition coefficient (Wildman–Crippen LogP) is -0.497. The minimum Gasteiger partial charge on any atom is -0.479 e. The highest BCUT2D eigenvalue weighted by Crippen LogP contribution is 2.05. The smallest absolute Gasteiger partial charge is 0.334 e. The van der Waals surface area contributed by atoms with E-state index < -0.39 is 12.1 Å². The third kappa shape index (κ3) is 3.14. The zero-order valence-electron chi connectivity index (χ0n) is 8.97. The van der Waals surface area contributed by atoms with Crippen LogP contribution < -0.4 is 5.32 Å². The molecule has 1 fully saturated rings. The van der Waals surface area contributed by atoms with Crippen molar-refractivity contribution in [1.82, 2.24) is 10.2 Å². The summed E-state index contributed by atoms with van der Waals surface area (Å²) in [6, 6.07) is -0.737. The van der Waals surface area contributed by atoms with Crippen LogP contribution in [0.2, 0.25) is 0 Å². The molecule has 1 heterocycles. The first-order chi connectivity index (χ1) is 7.54. The highest BCUT2D eigenvalue weighted by Gasteiger charge is 2.29. The van der Waals surface area contributed by atoms with Gasteiger partial charge in [-0.25, -0.2) is 9.59 Å². The van der Waals surface area contributed by atoms with Gasteiger partial charge in [0.05, 0.1) is 19.2 Å². The van der Waals surface area contributed by atoms with Crippen molar-refractivity contribution in [2.24, 2.45) is 0 Å². The maximum absolute atomic E-state index is 11.6. The molecule has 16 heavy (non-hydrogen) atoms. The average Bonchev–Trinajstić information content (AvgIpc) is 2.28. The molecule has 1 saturated heterocycles. The molecule has 2 amide bonds. The zero-order valence-corrected chi connectivity index (χ0v) is 8.97. The summed E-state index contributed by atoms with van der Waals surface area (Å²) in [6.45, 7) is 2.30. The quantitative estimate of drug-likeness (QED) is 0.622. The Morgan fingerprint density at radius 2 is 2.38 bits per heavy atom. The predicted molar refractivity (Wildman–Crippen MR) is 55.8 cm³/mol. The Morgan fingerprint density at radius 3 is 2.94 bits per heavy atom. The summed E-state index contributed by atoms with van der Waals surface area (Å²) in [5, 5.41) is 11.3. The van der Waals surface area contributed by atoms with Crippen LogP contribution in [0.5, 0.6) is 0 Å². The molecule has 6 heteroatoms. The van der Waals surface area contributed by atoms with E-state index in [0.29, 0.717) is 6.54 Å². The Balaban J connectivity index is 2.51. The van der Waals surface area contributed by atoms with Crippen molar-refractivity contribution in [3.05, 3.63) is 0 Å². The van der Waals surface area contributed by atoms with E-state index in [1.807, 2.05) is 0 Å². The van der Waals surface area contributed by atoms with E-state index in [1.54, 1.807) is 6.92 Å². The van der Waals surface area contributed by atoms with Crippen molar-refractivity contribution in [1.29, 1.82) is 0 Å². The van der Waals surface area contributed by atoms with Gasteiger partial charge in [-0.3, -0.25) is 0 Å². The van der Waals surface area contributed by atoms with Gasteiger partial charge in [-0.2, -0.15) is 0 Å². The fraction of sp³-hybridized carbons (Fsp3) is 0.600. The van der Waals surface area contributed by atoms with Gasteiger partial charge in [0, 0.05) is 6.54 Å². The lowest BCUT2D eigenvalue weighted by atomic mass is 10.3. The lowest BCUT2D eigenvalue weighted by molar-refractivity contribution is -0.154. The molecule has 0 aromatic carbocycles.